The van der Waals surface area contributed by atoms with Gasteiger partial charge in [0, 0.05) is 18.2 Å². The first-order chi connectivity index (χ1) is 17.6. The summed E-state index contributed by atoms with van der Waals surface area (Å²) in [6.45, 7) is 3.61. The van der Waals surface area contributed by atoms with E-state index in [4.69, 9.17) is 15.0 Å². The van der Waals surface area contributed by atoms with E-state index in [2.05, 4.69) is 14.5 Å². The van der Waals surface area contributed by atoms with E-state index in [1.54, 1.807) is 16.8 Å². The lowest BCUT2D eigenvalue weighted by Crippen LogP contribution is -2.36. The van der Waals surface area contributed by atoms with Crippen molar-refractivity contribution in [2.24, 2.45) is 11.1 Å². The number of rotatable bonds is 8. The van der Waals surface area contributed by atoms with Crippen molar-refractivity contribution in [3.63, 3.8) is 0 Å². The summed E-state index contributed by atoms with van der Waals surface area (Å²) in [5.41, 5.74) is 2.09. The largest absolute Gasteiger partial charge is 0.490 e. The van der Waals surface area contributed by atoms with E-state index >= 15 is 0 Å². The van der Waals surface area contributed by atoms with Crippen LogP contribution in [0.1, 0.15) is 20.3 Å². The molecule has 2 aromatic heterocycles. The molecule has 196 valence electrons. The predicted octanol–water partition coefficient (Wildman–Crippen LogP) is 2.08. The molecule has 0 unspecified atom stereocenters. The molecule has 0 aliphatic heterocycles. The number of ether oxygens (including phenoxy) is 1. The van der Waals surface area contributed by atoms with Crippen LogP contribution in [0, 0.1) is 5.92 Å². The normalized spacial score (nSPS) is 22.2. The molecule has 0 amide bonds. The summed E-state index contributed by atoms with van der Waals surface area (Å²) in [5.74, 6) is 0.633. The number of hydrogen-bond donors (Lipinski definition) is 4. The maximum atomic E-state index is 11.1. The Kier molecular flexibility index (Phi) is 6.77. The van der Waals surface area contributed by atoms with Gasteiger partial charge in [0.15, 0.2) is 5.65 Å². The molecule has 11 nitrogen and oxygen atoms in total. The molecular weight excluding hydrogens is 498 g/mol. The van der Waals surface area contributed by atoms with E-state index in [0.29, 0.717) is 22.9 Å². The Morgan fingerprint density at radius 2 is 1.95 bits per heavy atom. The smallest absolute Gasteiger partial charge is 0.333 e. The zero-order chi connectivity index (χ0) is 26.3. The van der Waals surface area contributed by atoms with Crippen LogP contribution >= 0.6 is 0 Å². The highest BCUT2D eigenvalue weighted by atomic mass is 32.2. The molecule has 37 heavy (non-hydrogen) atoms. The molecule has 5 N–H and O–H groups in total. The molecule has 1 fully saturated rings. The summed E-state index contributed by atoms with van der Waals surface area (Å²) in [6.07, 6.45) is -0.496. The van der Waals surface area contributed by atoms with E-state index in [1.165, 1.54) is 0 Å². The van der Waals surface area contributed by atoms with Gasteiger partial charge in [-0.25, -0.2) is 10.1 Å². The SMILES string of the molecule is CC(C)Oc1ccc2ccccc2c1-c1cc2nccc(N[C@@H]3C[C@H](COS(N)(=O)=O)[C@@H](O)[C@H]3O)n2n1. The molecule has 4 atom stereocenters. The molecule has 1 aliphatic rings. The van der Waals surface area contributed by atoms with Crippen molar-refractivity contribution >= 4 is 32.5 Å². The van der Waals surface area contributed by atoms with Gasteiger partial charge in [0.05, 0.1) is 36.1 Å². The molecule has 0 bridgehead atoms. The van der Waals surface area contributed by atoms with Gasteiger partial charge in [-0.1, -0.05) is 30.3 Å². The number of aliphatic hydroxyl groups is 2. The number of aromatic nitrogens is 3. The Hall–Kier alpha value is -3.29. The minimum atomic E-state index is -4.15. The third-order valence-electron chi connectivity index (χ3n) is 6.45. The van der Waals surface area contributed by atoms with Crippen LogP contribution in [-0.4, -0.2) is 64.2 Å². The third-order valence-corrected chi connectivity index (χ3v) is 6.91. The van der Waals surface area contributed by atoms with Crippen LogP contribution in [0.3, 0.4) is 0 Å². The number of anilines is 1. The number of nitrogens with zero attached hydrogens (tertiary/aromatic N) is 3. The van der Waals surface area contributed by atoms with Crippen LogP contribution in [0.4, 0.5) is 5.82 Å². The van der Waals surface area contributed by atoms with Crippen LogP contribution in [0.2, 0.25) is 0 Å². The monoisotopic (exact) mass is 527 g/mol. The molecule has 1 saturated carbocycles. The van der Waals surface area contributed by atoms with Crippen molar-refractivity contribution in [2.75, 3.05) is 11.9 Å². The van der Waals surface area contributed by atoms with Crippen molar-refractivity contribution in [3.8, 4) is 17.0 Å². The van der Waals surface area contributed by atoms with E-state index in [9.17, 15) is 18.6 Å². The Morgan fingerprint density at radius 3 is 2.70 bits per heavy atom. The number of hydrogen-bond acceptors (Lipinski definition) is 9. The minimum absolute atomic E-state index is 0.0336. The average Bonchev–Trinajstić information content (AvgIpc) is 3.39. The lowest BCUT2D eigenvalue weighted by atomic mass is 10.0. The molecule has 0 saturated heterocycles. The van der Waals surface area contributed by atoms with Crippen molar-refractivity contribution < 1.29 is 27.6 Å². The fraction of sp³-hybridized carbons (Fsp3) is 0.360. The highest BCUT2D eigenvalue weighted by molar-refractivity contribution is 7.84. The van der Waals surface area contributed by atoms with Gasteiger partial charge in [0.1, 0.15) is 17.7 Å². The predicted molar refractivity (Wildman–Crippen MR) is 138 cm³/mol. The molecule has 4 aromatic rings. The zero-order valence-electron chi connectivity index (χ0n) is 20.4. The lowest BCUT2D eigenvalue weighted by Gasteiger charge is -2.19. The van der Waals surface area contributed by atoms with Gasteiger partial charge in [0.2, 0.25) is 0 Å². The summed E-state index contributed by atoms with van der Waals surface area (Å²) in [5, 5.41) is 36.0. The second-order valence-electron chi connectivity index (χ2n) is 9.46. The van der Waals surface area contributed by atoms with Crippen molar-refractivity contribution in [3.05, 3.63) is 54.7 Å². The summed E-state index contributed by atoms with van der Waals surface area (Å²) < 4.78 is 34.7. The van der Waals surface area contributed by atoms with Crippen LogP contribution in [-0.2, 0) is 14.5 Å². The molecule has 0 radical (unpaired) electrons. The molecule has 2 heterocycles. The molecule has 12 heteroatoms. The Balaban J connectivity index is 1.49. The van der Waals surface area contributed by atoms with Gasteiger partial charge < -0.3 is 20.3 Å². The van der Waals surface area contributed by atoms with Gasteiger partial charge in [-0.2, -0.15) is 18.0 Å². The van der Waals surface area contributed by atoms with Crippen molar-refractivity contribution in [1.29, 1.82) is 0 Å². The van der Waals surface area contributed by atoms with Crippen LogP contribution in [0.5, 0.6) is 5.75 Å². The minimum Gasteiger partial charge on any atom is -0.490 e. The highest BCUT2D eigenvalue weighted by Gasteiger charge is 2.42. The topological polar surface area (TPSA) is 161 Å². The first-order valence-electron chi connectivity index (χ1n) is 11.9. The molecule has 1 aliphatic carbocycles. The quantitative estimate of drug-likeness (QED) is 0.269. The second kappa shape index (κ2) is 9.88. The standard InChI is InChI=1S/C25H29N5O6S/c1-14(2)36-20-8-7-15-5-3-4-6-17(15)23(20)18-12-22-27-10-9-21(30(22)29-18)28-19-11-16(24(31)25(19)32)13-35-37(26,33)34/h3-10,12,14,16,19,24-25,28,31-32H,11,13H2,1-2H3,(H2,26,33,34)/t16-,19-,24-,25+/m1/s1. The molecule has 2 aromatic carbocycles. The van der Waals surface area contributed by atoms with Crippen molar-refractivity contribution in [2.45, 2.75) is 44.6 Å². The number of aliphatic hydroxyl groups excluding tert-OH is 2. The Labute approximate surface area is 214 Å². The van der Waals surface area contributed by atoms with E-state index in [1.807, 2.05) is 56.3 Å². The number of benzene rings is 2. The van der Waals surface area contributed by atoms with Gasteiger partial charge in [-0.05, 0) is 43.2 Å². The first kappa shape index (κ1) is 25.4. The molecule has 5 rings (SSSR count). The van der Waals surface area contributed by atoms with Gasteiger partial charge in [-0.15, -0.1) is 0 Å². The summed E-state index contributed by atoms with van der Waals surface area (Å²) in [6, 6.07) is 14.9. The molecule has 0 spiro atoms. The average molecular weight is 528 g/mol. The maximum Gasteiger partial charge on any atom is 0.333 e. The summed E-state index contributed by atoms with van der Waals surface area (Å²) in [7, 11) is -4.15. The fourth-order valence-corrected chi connectivity index (χ4v) is 5.16. The lowest BCUT2D eigenvalue weighted by molar-refractivity contribution is 0.00777. The summed E-state index contributed by atoms with van der Waals surface area (Å²) >= 11 is 0. The number of nitrogens with one attached hydrogen (secondary N) is 1. The van der Waals surface area contributed by atoms with Crippen LogP contribution in [0.15, 0.2) is 54.7 Å². The third kappa shape index (κ3) is 5.24. The van der Waals surface area contributed by atoms with Crippen LogP contribution in [0.25, 0.3) is 27.7 Å². The van der Waals surface area contributed by atoms with Crippen LogP contribution < -0.4 is 15.2 Å². The first-order valence-corrected chi connectivity index (χ1v) is 13.4. The van der Waals surface area contributed by atoms with Crippen molar-refractivity contribution in [1.82, 2.24) is 14.6 Å². The van der Waals surface area contributed by atoms with Gasteiger partial charge >= 0.3 is 10.3 Å². The molecular formula is C25H29N5O6S. The Bertz CT molecular complexity index is 1540. The number of nitrogens with two attached hydrogens (primary N) is 1. The zero-order valence-corrected chi connectivity index (χ0v) is 21.2. The van der Waals surface area contributed by atoms with Gasteiger partial charge in [0.25, 0.3) is 0 Å². The summed E-state index contributed by atoms with van der Waals surface area (Å²) in [4.78, 5) is 4.45. The van der Waals surface area contributed by atoms with E-state index < -0.39 is 34.5 Å². The number of fused-ring (bicyclic) bond motifs is 2. The highest BCUT2D eigenvalue weighted by Crippen LogP contribution is 2.38. The fourth-order valence-electron chi connectivity index (χ4n) is 4.80. The van der Waals surface area contributed by atoms with Gasteiger partial charge in [-0.3, -0.25) is 4.18 Å². The van der Waals surface area contributed by atoms with E-state index in [-0.39, 0.29) is 19.1 Å². The second-order valence-corrected chi connectivity index (χ2v) is 10.7. The van der Waals surface area contributed by atoms with E-state index in [0.717, 1.165) is 16.3 Å². The Morgan fingerprint density at radius 1 is 1.16 bits per heavy atom. The maximum absolute atomic E-state index is 11.1.